The van der Waals surface area contributed by atoms with Gasteiger partial charge in [0.2, 0.25) is 5.82 Å². The van der Waals surface area contributed by atoms with Crippen LogP contribution in [0.3, 0.4) is 0 Å². The average Bonchev–Trinajstić information content (AvgIpc) is 2.60. The molecule has 0 bridgehead atoms. The van der Waals surface area contributed by atoms with Gasteiger partial charge >= 0.3 is 5.69 Å². The van der Waals surface area contributed by atoms with Crippen LogP contribution >= 0.6 is 0 Å². The minimum atomic E-state index is -0.558. The van der Waals surface area contributed by atoms with E-state index in [4.69, 9.17) is 11.5 Å². The molecule has 0 aliphatic rings. The Morgan fingerprint density at radius 2 is 1.48 bits per heavy atom. The predicted molar refractivity (Wildman–Crippen MR) is 98.1 cm³/mol. The molecule has 2 aromatic carbocycles. The third-order valence-electron chi connectivity index (χ3n) is 3.79. The zero-order valence-corrected chi connectivity index (χ0v) is 13.3. The summed E-state index contributed by atoms with van der Waals surface area (Å²) in [7, 11) is 0. The first-order valence-corrected chi connectivity index (χ1v) is 7.63. The number of aromatic nitrogens is 1. The SMILES string of the molecule is Nc1cc(NC(c2ccccc2)c2ccccc2)c([N+](=O)[O-])c(N)n1. The number of anilines is 3. The summed E-state index contributed by atoms with van der Waals surface area (Å²) >= 11 is 0. The first-order chi connectivity index (χ1) is 12.1. The van der Waals surface area contributed by atoms with Crippen LogP contribution in [0.15, 0.2) is 66.7 Å². The summed E-state index contributed by atoms with van der Waals surface area (Å²) in [5, 5.41) is 14.6. The number of nitro groups is 1. The molecule has 0 saturated carbocycles. The summed E-state index contributed by atoms with van der Waals surface area (Å²) in [6.45, 7) is 0. The molecule has 126 valence electrons. The van der Waals surface area contributed by atoms with E-state index in [-0.39, 0.29) is 29.1 Å². The summed E-state index contributed by atoms with van der Waals surface area (Å²) in [6, 6.07) is 20.4. The van der Waals surface area contributed by atoms with E-state index < -0.39 is 4.92 Å². The fourth-order valence-electron chi connectivity index (χ4n) is 2.69. The molecule has 0 aliphatic heterocycles. The van der Waals surface area contributed by atoms with Crippen molar-refractivity contribution in [3.63, 3.8) is 0 Å². The van der Waals surface area contributed by atoms with Crippen molar-refractivity contribution in [3.05, 3.63) is 88.0 Å². The normalized spacial score (nSPS) is 10.6. The van der Waals surface area contributed by atoms with E-state index in [1.165, 1.54) is 6.07 Å². The minimum Gasteiger partial charge on any atom is -0.384 e. The van der Waals surface area contributed by atoms with Crippen LogP contribution in [0, 0.1) is 10.1 Å². The van der Waals surface area contributed by atoms with Gasteiger partial charge in [-0.2, -0.15) is 0 Å². The Bertz CT molecular complexity index is 845. The topological polar surface area (TPSA) is 120 Å². The van der Waals surface area contributed by atoms with Gasteiger partial charge in [-0.1, -0.05) is 60.7 Å². The molecule has 0 radical (unpaired) electrons. The van der Waals surface area contributed by atoms with Crippen LogP contribution < -0.4 is 16.8 Å². The van der Waals surface area contributed by atoms with Gasteiger partial charge in [-0.25, -0.2) is 4.98 Å². The third kappa shape index (κ3) is 3.50. The van der Waals surface area contributed by atoms with Crippen molar-refractivity contribution in [2.45, 2.75) is 6.04 Å². The maximum atomic E-state index is 11.4. The van der Waals surface area contributed by atoms with Crippen LogP contribution in [-0.2, 0) is 0 Å². The van der Waals surface area contributed by atoms with Crippen LogP contribution in [0.5, 0.6) is 0 Å². The van der Waals surface area contributed by atoms with Crippen molar-refractivity contribution in [1.82, 2.24) is 4.98 Å². The molecular formula is C18H17N5O2. The molecule has 3 aromatic rings. The second kappa shape index (κ2) is 6.88. The molecule has 0 spiro atoms. The highest BCUT2D eigenvalue weighted by Gasteiger charge is 2.24. The molecule has 0 amide bonds. The minimum absolute atomic E-state index is 0.116. The summed E-state index contributed by atoms with van der Waals surface area (Å²) in [5.41, 5.74) is 13.3. The van der Waals surface area contributed by atoms with E-state index in [9.17, 15) is 10.1 Å². The van der Waals surface area contributed by atoms with Crippen molar-refractivity contribution in [3.8, 4) is 0 Å². The second-order valence-electron chi connectivity index (χ2n) is 5.48. The Balaban J connectivity index is 2.10. The highest BCUT2D eigenvalue weighted by molar-refractivity contribution is 5.75. The lowest BCUT2D eigenvalue weighted by molar-refractivity contribution is -0.383. The molecule has 7 nitrogen and oxygen atoms in total. The van der Waals surface area contributed by atoms with Crippen molar-refractivity contribution < 1.29 is 4.92 Å². The van der Waals surface area contributed by atoms with Gasteiger partial charge in [-0.3, -0.25) is 10.1 Å². The average molecular weight is 335 g/mol. The Kier molecular flexibility index (Phi) is 4.47. The van der Waals surface area contributed by atoms with E-state index in [0.717, 1.165) is 11.1 Å². The van der Waals surface area contributed by atoms with E-state index in [1.807, 2.05) is 60.7 Å². The van der Waals surface area contributed by atoms with Gasteiger partial charge in [0.25, 0.3) is 0 Å². The number of hydrogen-bond donors (Lipinski definition) is 3. The van der Waals surface area contributed by atoms with Crippen LogP contribution in [0.2, 0.25) is 0 Å². The maximum absolute atomic E-state index is 11.4. The fraction of sp³-hybridized carbons (Fsp3) is 0.0556. The third-order valence-corrected chi connectivity index (χ3v) is 3.79. The number of nitrogen functional groups attached to an aromatic ring is 2. The zero-order valence-electron chi connectivity index (χ0n) is 13.3. The van der Waals surface area contributed by atoms with Crippen molar-refractivity contribution in [2.24, 2.45) is 0 Å². The van der Waals surface area contributed by atoms with Crippen LogP contribution in [-0.4, -0.2) is 9.91 Å². The number of rotatable bonds is 5. The van der Waals surface area contributed by atoms with Gasteiger partial charge < -0.3 is 16.8 Å². The van der Waals surface area contributed by atoms with Crippen LogP contribution in [0.1, 0.15) is 17.2 Å². The number of nitrogens with zero attached hydrogens (tertiary/aromatic N) is 2. The number of pyridine rings is 1. The van der Waals surface area contributed by atoms with Gasteiger partial charge in [-0.15, -0.1) is 0 Å². The van der Waals surface area contributed by atoms with Gasteiger partial charge in [0.05, 0.1) is 11.0 Å². The molecule has 0 atom stereocenters. The molecule has 25 heavy (non-hydrogen) atoms. The van der Waals surface area contributed by atoms with E-state index in [2.05, 4.69) is 10.3 Å². The highest BCUT2D eigenvalue weighted by Crippen LogP contribution is 2.35. The lowest BCUT2D eigenvalue weighted by Gasteiger charge is -2.21. The first-order valence-electron chi connectivity index (χ1n) is 7.63. The summed E-state index contributed by atoms with van der Waals surface area (Å²) in [6.07, 6.45) is 0. The number of hydrogen-bond acceptors (Lipinski definition) is 6. The Hall–Kier alpha value is -3.61. The molecule has 3 rings (SSSR count). The molecule has 0 unspecified atom stereocenters. The quantitative estimate of drug-likeness (QED) is 0.486. The van der Waals surface area contributed by atoms with Gasteiger partial charge in [0, 0.05) is 6.07 Å². The molecule has 5 N–H and O–H groups in total. The molecule has 0 saturated heterocycles. The van der Waals surface area contributed by atoms with Gasteiger partial charge in [-0.05, 0) is 11.1 Å². The van der Waals surface area contributed by atoms with Crippen LogP contribution in [0.25, 0.3) is 0 Å². The number of nitrogens with two attached hydrogens (primary N) is 2. The smallest absolute Gasteiger partial charge is 0.334 e. The number of benzene rings is 2. The Labute approximate surface area is 144 Å². The molecular weight excluding hydrogens is 318 g/mol. The molecule has 1 aromatic heterocycles. The van der Waals surface area contributed by atoms with E-state index in [0.29, 0.717) is 0 Å². The van der Waals surface area contributed by atoms with Crippen molar-refractivity contribution >= 4 is 23.0 Å². The Morgan fingerprint density at radius 3 is 1.96 bits per heavy atom. The molecule has 1 heterocycles. The predicted octanol–water partition coefficient (Wildman–Crippen LogP) is 3.36. The largest absolute Gasteiger partial charge is 0.384 e. The number of nitrogens with one attached hydrogen (secondary N) is 1. The second-order valence-corrected chi connectivity index (χ2v) is 5.48. The van der Waals surface area contributed by atoms with Crippen molar-refractivity contribution in [1.29, 1.82) is 0 Å². The van der Waals surface area contributed by atoms with Crippen molar-refractivity contribution in [2.75, 3.05) is 16.8 Å². The summed E-state index contributed by atoms with van der Waals surface area (Å²) < 4.78 is 0. The molecule has 0 fully saturated rings. The molecule has 0 aliphatic carbocycles. The zero-order chi connectivity index (χ0) is 17.8. The standard InChI is InChI=1S/C18H17N5O2/c19-15-11-14(17(23(24)25)18(20)22-15)21-16(12-7-3-1-4-8-12)13-9-5-2-6-10-13/h1-11,16H,(H5,19,20,21,22). The lowest BCUT2D eigenvalue weighted by atomic mass is 9.98. The molecule has 7 heteroatoms. The van der Waals surface area contributed by atoms with E-state index in [1.54, 1.807) is 0 Å². The monoisotopic (exact) mass is 335 g/mol. The van der Waals surface area contributed by atoms with Gasteiger partial charge in [0.1, 0.15) is 11.5 Å². The highest BCUT2D eigenvalue weighted by atomic mass is 16.6. The lowest BCUT2D eigenvalue weighted by Crippen LogP contribution is -2.15. The maximum Gasteiger partial charge on any atom is 0.334 e. The van der Waals surface area contributed by atoms with E-state index >= 15 is 0 Å². The first kappa shape index (κ1) is 16.3. The summed E-state index contributed by atoms with van der Waals surface area (Å²) in [5.74, 6) is -0.0992. The van der Waals surface area contributed by atoms with Crippen LogP contribution in [0.4, 0.5) is 23.0 Å². The Morgan fingerprint density at radius 1 is 0.960 bits per heavy atom. The van der Waals surface area contributed by atoms with Gasteiger partial charge in [0.15, 0.2) is 0 Å². The summed E-state index contributed by atoms with van der Waals surface area (Å²) in [4.78, 5) is 14.6. The fourth-order valence-corrected chi connectivity index (χ4v) is 2.69.